The van der Waals surface area contributed by atoms with Gasteiger partial charge >= 0.3 is 0 Å². The highest BCUT2D eigenvalue weighted by Crippen LogP contribution is 2.39. The summed E-state index contributed by atoms with van der Waals surface area (Å²) in [6.45, 7) is 1.75. The number of methoxy groups -OCH3 is 1. The molecule has 0 aliphatic rings. The predicted octanol–water partition coefficient (Wildman–Crippen LogP) is 3.26. The molecular formula is C23H24N3O5S+. The van der Waals surface area contributed by atoms with E-state index in [0.29, 0.717) is 28.5 Å². The number of nitrogens with one attached hydrogen (secondary N) is 1. The van der Waals surface area contributed by atoms with Crippen LogP contribution in [0.4, 0.5) is 0 Å². The van der Waals surface area contributed by atoms with E-state index in [1.54, 1.807) is 42.8 Å². The number of pyridine rings is 2. The summed E-state index contributed by atoms with van der Waals surface area (Å²) in [6, 6.07) is 9.15. The van der Waals surface area contributed by atoms with Crippen LogP contribution in [0, 0.1) is 12.8 Å². The zero-order valence-corrected chi connectivity index (χ0v) is 18.6. The third-order valence-electron chi connectivity index (χ3n) is 4.88. The van der Waals surface area contributed by atoms with Gasteiger partial charge in [0.2, 0.25) is 0 Å². The number of hydrogen-bond acceptors (Lipinski definition) is 8. The molecule has 0 aliphatic carbocycles. The van der Waals surface area contributed by atoms with Gasteiger partial charge in [0, 0.05) is 29.3 Å². The summed E-state index contributed by atoms with van der Waals surface area (Å²) >= 11 is 1.55. The van der Waals surface area contributed by atoms with Crippen LogP contribution in [-0.2, 0) is 0 Å². The summed E-state index contributed by atoms with van der Waals surface area (Å²) in [5.74, 6) is 1.82. The maximum atomic E-state index is 9.28. The summed E-state index contributed by atoms with van der Waals surface area (Å²) in [5.41, 5.74) is 2.28. The van der Waals surface area contributed by atoms with Crippen molar-refractivity contribution in [3.63, 3.8) is 0 Å². The van der Waals surface area contributed by atoms with Crippen molar-refractivity contribution in [3.8, 4) is 33.7 Å². The lowest BCUT2D eigenvalue weighted by Gasteiger charge is -2.16. The van der Waals surface area contributed by atoms with Crippen molar-refractivity contribution in [1.82, 2.24) is 9.97 Å². The van der Waals surface area contributed by atoms with Gasteiger partial charge in [0.15, 0.2) is 29.1 Å². The molecule has 3 heterocycles. The average Bonchev–Trinajstić information content (AvgIpc) is 3.35. The molecule has 0 atom stereocenters. The average molecular weight is 455 g/mol. The van der Waals surface area contributed by atoms with Gasteiger partial charge in [-0.15, -0.1) is 0 Å². The highest BCUT2D eigenvalue weighted by atomic mass is 32.1. The molecule has 0 saturated heterocycles. The Labute approximate surface area is 189 Å². The van der Waals surface area contributed by atoms with Crippen molar-refractivity contribution in [1.29, 1.82) is 0 Å². The van der Waals surface area contributed by atoms with E-state index in [4.69, 9.17) is 14.2 Å². The smallest absolute Gasteiger partial charge is 0.289 e. The minimum atomic E-state index is -0.375. The number of aliphatic hydroxyl groups is 2. The standard InChI is InChI=1S/C23H23N3O5S/c1-14-3-4-19(22(26-14)23-25-7-8-32-23)31-18-5-6-24-17-10-21(20(29-2)9-16(17)18)30-13-15(11-27)12-28/h3-10,15,27-28H,11-13H2,1-2H3/p+1. The molecule has 4 aromatic rings. The number of fused-ring (bicyclic) bond motifs is 1. The quantitative estimate of drug-likeness (QED) is 0.400. The van der Waals surface area contributed by atoms with Crippen LogP contribution in [0.1, 0.15) is 5.69 Å². The first-order valence-corrected chi connectivity index (χ1v) is 10.9. The van der Waals surface area contributed by atoms with Crippen LogP contribution >= 0.6 is 11.3 Å². The zero-order valence-electron chi connectivity index (χ0n) is 17.7. The van der Waals surface area contributed by atoms with Crippen molar-refractivity contribution in [2.45, 2.75) is 6.92 Å². The first-order chi connectivity index (χ1) is 15.6. The number of aromatic nitrogens is 3. The maximum Gasteiger partial charge on any atom is 0.289 e. The van der Waals surface area contributed by atoms with Crippen LogP contribution < -0.4 is 19.2 Å². The number of aromatic amines is 1. The Morgan fingerprint density at radius 3 is 2.62 bits per heavy atom. The number of H-pyrrole nitrogens is 1. The molecule has 32 heavy (non-hydrogen) atoms. The third-order valence-corrected chi connectivity index (χ3v) is 5.70. The number of thiazole rings is 1. The van der Waals surface area contributed by atoms with Crippen molar-refractivity contribution in [2.24, 2.45) is 5.92 Å². The molecule has 3 N–H and O–H groups in total. The van der Waals surface area contributed by atoms with Crippen molar-refractivity contribution < 1.29 is 29.4 Å². The van der Waals surface area contributed by atoms with Crippen LogP contribution in [0.25, 0.3) is 21.6 Å². The van der Waals surface area contributed by atoms with E-state index < -0.39 is 0 Å². The number of ether oxygens (including phenoxy) is 3. The Bertz CT molecular complexity index is 1200. The third kappa shape index (κ3) is 4.64. The Morgan fingerprint density at radius 2 is 1.91 bits per heavy atom. The molecule has 0 saturated carbocycles. The molecule has 1 aromatic carbocycles. The van der Waals surface area contributed by atoms with Gasteiger partial charge in [0.25, 0.3) is 5.01 Å². The Hall–Kier alpha value is -3.27. The Morgan fingerprint density at radius 1 is 1.06 bits per heavy atom. The van der Waals surface area contributed by atoms with Gasteiger partial charge in [0.05, 0.1) is 37.8 Å². The van der Waals surface area contributed by atoms with E-state index in [2.05, 4.69) is 15.0 Å². The monoisotopic (exact) mass is 454 g/mol. The lowest BCUT2D eigenvalue weighted by Crippen LogP contribution is -2.19. The van der Waals surface area contributed by atoms with E-state index in [0.717, 1.165) is 21.8 Å². The van der Waals surface area contributed by atoms with E-state index >= 15 is 0 Å². The number of hydrogen-bond donors (Lipinski definition) is 2. The number of rotatable bonds is 9. The summed E-state index contributed by atoms with van der Waals surface area (Å²) < 4.78 is 17.6. The van der Waals surface area contributed by atoms with Gasteiger partial charge in [0.1, 0.15) is 5.75 Å². The molecule has 0 amide bonds. The van der Waals surface area contributed by atoms with E-state index in [-0.39, 0.29) is 25.7 Å². The summed E-state index contributed by atoms with van der Waals surface area (Å²) in [7, 11) is 1.55. The van der Waals surface area contributed by atoms with Gasteiger partial charge < -0.3 is 24.4 Å². The minimum Gasteiger partial charge on any atom is -0.493 e. The molecule has 0 aliphatic heterocycles. The molecule has 0 radical (unpaired) electrons. The van der Waals surface area contributed by atoms with Crippen LogP contribution in [0.2, 0.25) is 0 Å². The van der Waals surface area contributed by atoms with Crippen LogP contribution in [0.3, 0.4) is 0 Å². The fourth-order valence-electron chi connectivity index (χ4n) is 3.14. The van der Waals surface area contributed by atoms with E-state index in [1.807, 2.05) is 30.6 Å². The van der Waals surface area contributed by atoms with Crippen molar-refractivity contribution in [2.75, 3.05) is 26.9 Å². The summed E-state index contributed by atoms with van der Waals surface area (Å²) in [6.07, 6.45) is 3.52. The van der Waals surface area contributed by atoms with Gasteiger partial charge in [-0.3, -0.25) is 4.98 Å². The van der Waals surface area contributed by atoms with Crippen LogP contribution in [-0.4, -0.2) is 47.1 Å². The molecule has 0 bridgehead atoms. The summed E-state index contributed by atoms with van der Waals surface area (Å²) in [5, 5.41) is 22.2. The molecule has 166 valence electrons. The molecule has 0 unspecified atom stereocenters. The molecule has 9 heteroatoms. The van der Waals surface area contributed by atoms with Crippen molar-refractivity contribution in [3.05, 3.63) is 53.8 Å². The largest absolute Gasteiger partial charge is 0.493 e. The predicted molar refractivity (Wildman–Crippen MR) is 120 cm³/mol. The molecule has 0 spiro atoms. The van der Waals surface area contributed by atoms with E-state index in [1.165, 1.54) is 0 Å². The molecule has 0 fully saturated rings. The minimum absolute atomic E-state index is 0.154. The normalized spacial score (nSPS) is 11.2. The second-order valence-electron chi connectivity index (χ2n) is 7.17. The maximum absolute atomic E-state index is 9.28. The van der Waals surface area contributed by atoms with Crippen LogP contribution in [0.15, 0.2) is 48.1 Å². The van der Waals surface area contributed by atoms with Crippen LogP contribution in [0.5, 0.6) is 23.0 Å². The number of aryl methyl sites for hydroxylation is 1. The number of benzene rings is 1. The van der Waals surface area contributed by atoms with Gasteiger partial charge in [-0.2, -0.15) is 4.98 Å². The van der Waals surface area contributed by atoms with Gasteiger partial charge in [-0.25, -0.2) is 4.98 Å². The zero-order chi connectivity index (χ0) is 22.5. The fourth-order valence-corrected chi connectivity index (χ4v) is 3.80. The number of aliphatic hydroxyl groups excluding tert-OH is 2. The van der Waals surface area contributed by atoms with Gasteiger partial charge in [-0.05, 0) is 31.2 Å². The number of nitrogens with zero attached hydrogens (tertiary/aromatic N) is 2. The second-order valence-corrected chi connectivity index (χ2v) is 8.08. The molecule has 8 nitrogen and oxygen atoms in total. The Balaban J connectivity index is 1.71. The first-order valence-electron chi connectivity index (χ1n) is 10.0. The topological polar surface area (TPSA) is 108 Å². The summed E-state index contributed by atoms with van der Waals surface area (Å²) in [4.78, 5) is 12.3. The molecule has 3 aromatic heterocycles. The lowest BCUT2D eigenvalue weighted by molar-refractivity contribution is -0.358. The van der Waals surface area contributed by atoms with E-state index in [9.17, 15) is 10.2 Å². The highest BCUT2D eigenvalue weighted by Gasteiger charge is 2.19. The highest BCUT2D eigenvalue weighted by molar-refractivity contribution is 7.12. The lowest BCUT2D eigenvalue weighted by atomic mass is 10.1. The van der Waals surface area contributed by atoms with Gasteiger partial charge in [-0.1, -0.05) is 11.3 Å². The molecular weight excluding hydrogens is 430 g/mol. The molecule has 4 rings (SSSR count). The Kier molecular flexibility index (Phi) is 6.79. The van der Waals surface area contributed by atoms with Crippen molar-refractivity contribution >= 4 is 22.2 Å². The second kappa shape index (κ2) is 9.90. The first kappa shape index (κ1) is 21.9. The SMILES string of the molecule is COc1cc2c(Oc3ccc(C)nc3-c3[nH+]ccs3)ccnc2cc1OCC(CO)CO. The fraction of sp³-hybridized carbons (Fsp3) is 0.261.